The Morgan fingerprint density at radius 2 is 2.07 bits per heavy atom. The topological polar surface area (TPSA) is 12.0 Å². The van der Waals surface area contributed by atoms with Crippen molar-refractivity contribution in [1.29, 1.82) is 0 Å². The first-order chi connectivity index (χ1) is 6.66. The van der Waals surface area contributed by atoms with Crippen molar-refractivity contribution in [1.82, 2.24) is 0 Å². The molecule has 0 atom stereocenters. The van der Waals surface area contributed by atoms with Crippen LogP contribution in [0.15, 0.2) is 18.2 Å². The average Bonchev–Trinajstić information content (AvgIpc) is 2.15. The smallest absolute Gasteiger partial charge is 0.0405 e. The number of hydrogen-bond acceptors (Lipinski definition) is 1. The van der Waals surface area contributed by atoms with E-state index in [0.717, 1.165) is 6.54 Å². The maximum atomic E-state index is 5.67. The summed E-state index contributed by atoms with van der Waals surface area (Å²) in [4.78, 5) is 0. The predicted octanol–water partition coefficient (Wildman–Crippen LogP) is 3.77. The Hall–Kier alpha value is -0.690. The number of aryl methyl sites for hydroxylation is 1. The molecule has 1 rings (SSSR count). The van der Waals surface area contributed by atoms with E-state index >= 15 is 0 Å². The van der Waals surface area contributed by atoms with E-state index in [1.165, 1.54) is 16.8 Å². The fourth-order valence-corrected chi connectivity index (χ4v) is 1.68. The van der Waals surface area contributed by atoms with Crippen LogP contribution in [0.1, 0.15) is 30.9 Å². The number of para-hydroxylation sites is 1. The first kappa shape index (κ1) is 11.4. The maximum absolute atomic E-state index is 5.67. The van der Waals surface area contributed by atoms with Gasteiger partial charge in [0.2, 0.25) is 0 Å². The molecule has 0 aliphatic rings. The highest BCUT2D eigenvalue weighted by Crippen LogP contribution is 2.26. The Kier molecular flexibility index (Phi) is 4.27. The van der Waals surface area contributed by atoms with Crippen LogP contribution in [0, 0.1) is 6.92 Å². The molecule has 0 aliphatic carbocycles. The van der Waals surface area contributed by atoms with Gasteiger partial charge in [-0.15, -0.1) is 11.6 Å². The average molecular weight is 212 g/mol. The molecule has 2 heteroatoms. The van der Waals surface area contributed by atoms with Gasteiger partial charge in [0.15, 0.2) is 0 Å². The molecule has 1 aromatic carbocycles. The summed E-state index contributed by atoms with van der Waals surface area (Å²) in [6, 6.07) is 6.41. The van der Waals surface area contributed by atoms with Gasteiger partial charge in [-0.2, -0.15) is 0 Å². The lowest BCUT2D eigenvalue weighted by atomic mass is 9.98. The molecule has 0 fully saturated rings. The normalized spacial score (nSPS) is 10.6. The largest absolute Gasteiger partial charge is 0.383 e. The van der Waals surface area contributed by atoms with E-state index in [0.29, 0.717) is 11.8 Å². The monoisotopic (exact) mass is 211 g/mol. The van der Waals surface area contributed by atoms with Crippen LogP contribution in [0.4, 0.5) is 5.69 Å². The number of hydrogen-bond donors (Lipinski definition) is 1. The predicted molar refractivity (Wildman–Crippen MR) is 64.5 cm³/mol. The molecule has 0 aromatic heterocycles. The highest BCUT2D eigenvalue weighted by molar-refractivity contribution is 6.18. The fourth-order valence-electron chi connectivity index (χ4n) is 1.59. The van der Waals surface area contributed by atoms with Crippen LogP contribution in [-0.2, 0) is 0 Å². The van der Waals surface area contributed by atoms with Crippen molar-refractivity contribution in [3.63, 3.8) is 0 Å². The van der Waals surface area contributed by atoms with Gasteiger partial charge < -0.3 is 5.32 Å². The third-order valence-electron chi connectivity index (χ3n) is 2.32. The fraction of sp³-hybridized carbons (Fsp3) is 0.500. The molecule has 0 radical (unpaired) electrons. The lowest BCUT2D eigenvalue weighted by molar-refractivity contribution is 0.865. The van der Waals surface area contributed by atoms with Gasteiger partial charge in [0, 0.05) is 18.1 Å². The molecule has 0 aliphatic heterocycles. The zero-order valence-electron chi connectivity index (χ0n) is 9.10. The third kappa shape index (κ3) is 2.65. The van der Waals surface area contributed by atoms with Crippen molar-refractivity contribution in [3.05, 3.63) is 29.3 Å². The minimum Gasteiger partial charge on any atom is -0.383 e. The lowest BCUT2D eigenvalue weighted by Crippen LogP contribution is -2.07. The zero-order chi connectivity index (χ0) is 10.6. The molecule has 78 valence electrons. The number of benzene rings is 1. The second kappa shape index (κ2) is 5.26. The minimum atomic E-state index is 0.549. The van der Waals surface area contributed by atoms with E-state index in [9.17, 15) is 0 Å². The first-order valence-corrected chi connectivity index (χ1v) is 5.59. The molecular weight excluding hydrogens is 194 g/mol. The van der Waals surface area contributed by atoms with Gasteiger partial charge >= 0.3 is 0 Å². The molecular formula is C12H18ClN. The lowest BCUT2D eigenvalue weighted by Gasteiger charge is -2.16. The highest BCUT2D eigenvalue weighted by Gasteiger charge is 2.07. The summed E-state index contributed by atoms with van der Waals surface area (Å²) >= 11 is 5.67. The van der Waals surface area contributed by atoms with Crippen molar-refractivity contribution >= 4 is 17.3 Å². The summed E-state index contributed by atoms with van der Waals surface area (Å²) in [5, 5.41) is 3.38. The Morgan fingerprint density at radius 1 is 1.36 bits per heavy atom. The second-order valence-electron chi connectivity index (χ2n) is 3.81. The maximum Gasteiger partial charge on any atom is 0.0405 e. The van der Waals surface area contributed by atoms with Crippen LogP contribution in [0.3, 0.4) is 0 Å². The number of anilines is 1. The summed E-state index contributed by atoms with van der Waals surface area (Å²) in [5.41, 5.74) is 3.92. The summed E-state index contributed by atoms with van der Waals surface area (Å²) in [6.45, 7) is 7.37. The Morgan fingerprint density at radius 3 is 2.64 bits per heavy atom. The zero-order valence-corrected chi connectivity index (χ0v) is 9.86. The van der Waals surface area contributed by atoms with E-state index in [1.54, 1.807) is 0 Å². The van der Waals surface area contributed by atoms with Crippen molar-refractivity contribution in [2.24, 2.45) is 0 Å². The molecule has 0 saturated heterocycles. The van der Waals surface area contributed by atoms with Gasteiger partial charge in [-0.1, -0.05) is 32.0 Å². The van der Waals surface area contributed by atoms with Gasteiger partial charge in [-0.05, 0) is 24.0 Å². The van der Waals surface area contributed by atoms with Gasteiger partial charge in [0.25, 0.3) is 0 Å². The summed E-state index contributed by atoms with van der Waals surface area (Å²) < 4.78 is 0. The minimum absolute atomic E-state index is 0.549. The molecule has 0 bridgehead atoms. The Balaban J connectivity index is 2.96. The van der Waals surface area contributed by atoms with E-state index in [4.69, 9.17) is 11.6 Å². The van der Waals surface area contributed by atoms with Crippen molar-refractivity contribution in [3.8, 4) is 0 Å². The number of halogens is 1. The summed E-state index contributed by atoms with van der Waals surface area (Å²) in [5.74, 6) is 1.19. The van der Waals surface area contributed by atoms with Crippen molar-refractivity contribution in [2.75, 3.05) is 17.7 Å². The van der Waals surface area contributed by atoms with Crippen LogP contribution in [0.25, 0.3) is 0 Å². The van der Waals surface area contributed by atoms with Crippen molar-refractivity contribution < 1.29 is 0 Å². The molecule has 0 unspecified atom stereocenters. The van der Waals surface area contributed by atoms with Crippen LogP contribution in [-0.4, -0.2) is 12.4 Å². The van der Waals surface area contributed by atoms with Crippen molar-refractivity contribution in [2.45, 2.75) is 26.7 Å². The molecule has 14 heavy (non-hydrogen) atoms. The molecule has 0 heterocycles. The van der Waals surface area contributed by atoms with E-state index < -0.39 is 0 Å². The van der Waals surface area contributed by atoms with E-state index in [1.807, 2.05) is 0 Å². The first-order valence-electron chi connectivity index (χ1n) is 5.06. The Bertz CT molecular complexity index is 294. The van der Waals surface area contributed by atoms with E-state index in [2.05, 4.69) is 44.3 Å². The van der Waals surface area contributed by atoms with Crippen LogP contribution in [0.5, 0.6) is 0 Å². The number of alkyl halides is 1. The molecule has 0 saturated carbocycles. The number of rotatable bonds is 4. The van der Waals surface area contributed by atoms with Crippen LogP contribution in [0.2, 0.25) is 0 Å². The third-order valence-corrected chi connectivity index (χ3v) is 2.51. The molecule has 1 nitrogen and oxygen atoms in total. The van der Waals surface area contributed by atoms with Gasteiger partial charge in [0.1, 0.15) is 0 Å². The standard InChI is InChI=1S/C12H18ClN/c1-9(2)11-6-4-5-10(3)12(11)14-8-7-13/h4-6,9,14H,7-8H2,1-3H3. The summed E-state index contributed by atoms with van der Waals surface area (Å²) in [7, 11) is 0. The van der Waals surface area contributed by atoms with Crippen LogP contribution < -0.4 is 5.32 Å². The molecule has 0 spiro atoms. The molecule has 0 amide bonds. The van der Waals surface area contributed by atoms with Gasteiger partial charge in [-0.25, -0.2) is 0 Å². The Labute approximate surface area is 91.5 Å². The van der Waals surface area contributed by atoms with E-state index in [-0.39, 0.29) is 0 Å². The molecule has 1 N–H and O–H groups in total. The second-order valence-corrected chi connectivity index (χ2v) is 4.19. The number of nitrogens with one attached hydrogen (secondary N) is 1. The van der Waals surface area contributed by atoms with Crippen LogP contribution >= 0.6 is 11.6 Å². The molecule has 1 aromatic rings. The van der Waals surface area contributed by atoms with Gasteiger partial charge in [0.05, 0.1) is 0 Å². The summed E-state index contributed by atoms with van der Waals surface area (Å²) in [6.07, 6.45) is 0. The van der Waals surface area contributed by atoms with Gasteiger partial charge in [-0.3, -0.25) is 0 Å². The SMILES string of the molecule is Cc1cccc(C(C)C)c1NCCCl. The highest BCUT2D eigenvalue weighted by atomic mass is 35.5. The quantitative estimate of drug-likeness (QED) is 0.748.